The zero-order valence-corrected chi connectivity index (χ0v) is 22.6. The highest BCUT2D eigenvalue weighted by Crippen LogP contribution is 2.68. The van der Waals surface area contributed by atoms with Gasteiger partial charge in [-0.1, -0.05) is 31.9 Å². The fraction of sp³-hybridized carbons (Fsp3) is 0.741. The Kier molecular flexibility index (Phi) is 9.13. The quantitative estimate of drug-likeness (QED) is 0.308. The number of likely N-dealkylation sites (tertiary alicyclic amines) is 1. The van der Waals surface area contributed by atoms with Gasteiger partial charge in [-0.3, -0.25) is 14.4 Å². The molecule has 6 atom stereocenters. The molecule has 3 amide bonds. The van der Waals surface area contributed by atoms with E-state index < -0.39 is 22.6 Å². The maximum absolute atomic E-state index is 14.2. The number of aliphatic hydroxyl groups is 1. The van der Waals surface area contributed by atoms with Crippen LogP contribution >= 0.6 is 11.8 Å². The van der Waals surface area contributed by atoms with Crippen LogP contribution in [0.5, 0.6) is 0 Å². The highest BCUT2D eigenvalue weighted by atomic mass is 32.2. The van der Waals surface area contributed by atoms with Gasteiger partial charge in [0.25, 0.3) is 0 Å². The molecule has 3 fully saturated rings. The third-order valence-corrected chi connectivity index (χ3v) is 10.2. The van der Waals surface area contributed by atoms with Crippen molar-refractivity contribution in [3.63, 3.8) is 0 Å². The van der Waals surface area contributed by atoms with Crippen molar-refractivity contribution in [2.24, 2.45) is 17.8 Å². The summed E-state index contributed by atoms with van der Waals surface area (Å²) in [6, 6.07) is -0.597. The van der Waals surface area contributed by atoms with Crippen molar-refractivity contribution in [3.8, 4) is 0 Å². The van der Waals surface area contributed by atoms with Gasteiger partial charge in [0.2, 0.25) is 17.7 Å². The molecule has 8 heteroatoms. The van der Waals surface area contributed by atoms with Gasteiger partial charge in [0.15, 0.2) is 0 Å². The number of thioether (sulfide) groups is 1. The Morgan fingerprint density at radius 1 is 1.17 bits per heavy atom. The third-order valence-electron chi connectivity index (χ3n) is 8.08. The van der Waals surface area contributed by atoms with Crippen LogP contribution in [0.15, 0.2) is 25.3 Å². The lowest BCUT2D eigenvalue weighted by Gasteiger charge is -2.41. The Morgan fingerprint density at radius 2 is 1.83 bits per heavy atom. The number of carbonyl (C=O) groups excluding carboxylic acids is 3. The molecule has 3 unspecified atom stereocenters. The van der Waals surface area contributed by atoms with Crippen molar-refractivity contribution < 1.29 is 19.5 Å². The number of fused-ring (bicyclic) bond motifs is 1. The molecule has 3 rings (SSSR count). The molecule has 0 aliphatic carbocycles. The van der Waals surface area contributed by atoms with Crippen molar-refractivity contribution in [2.45, 2.75) is 75.0 Å². The van der Waals surface area contributed by atoms with E-state index >= 15 is 0 Å². The summed E-state index contributed by atoms with van der Waals surface area (Å²) in [7, 11) is 1.77. The van der Waals surface area contributed by atoms with Crippen molar-refractivity contribution in [1.82, 2.24) is 14.7 Å². The highest BCUT2D eigenvalue weighted by Gasteiger charge is 2.76. The second-order valence-electron chi connectivity index (χ2n) is 10.6. The fourth-order valence-electron chi connectivity index (χ4n) is 6.46. The summed E-state index contributed by atoms with van der Waals surface area (Å²) < 4.78 is -0.590. The number of rotatable bonds is 13. The van der Waals surface area contributed by atoms with Crippen molar-refractivity contribution in [2.75, 3.05) is 33.3 Å². The van der Waals surface area contributed by atoms with Gasteiger partial charge >= 0.3 is 0 Å². The molecule has 3 aliphatic rings. The third kappa shape index (κ3) is 4.80. The number of likely N-dealkylation sites (N-methyl/N-ethyl adjacent to an activating group) is 1. The van der Waals surface area contributed by atoms with Crippen LogP contribution in [0.3, 0.4) is 0 Å². The first-order valence-electron chi connectivity index (χ1n) is 13.0. The van der Waals surface area contributed by atoms with Crippen LogP contribution in [0.25, 0.3) is 0 Å². The molecule has 3 saturated heterocycles. The van der Waals surface area contributed by atoms with Gasteiger partial charge in [0, 0.05) is 44.6 Å². The Bertz CT molecular complexity index is 833. The molecule has 3 heterocycles. The zero-order chi connectivity index (χ0) is 25.9. The Morgan fingerprint density at radius 3 is 2.43 bits per heavy atom. The smallest absolute Gasteiger partial charge is 0.247 e. The molecule has 196 valence electrons. The molecule has 0 saturated carbocycles. The van der Waals surface area contributed by atoms with Crippen LogP contribution in [-0.2, 0) is 14.4 Å². The van der Waals surface area contributed by atoms with E-state index in [4.69, 9.17) is 5.11 Å². The van der Waals surface area contributed by atoms with E-state index in [1.165, 1.54) is 0 Å². The molecule has 0 radical (unpaired) electrons. The standard InChI is InChI=1S/C27H43N3O4S/c1-7-13-28(6)24(32)21-20-17-19(5)27(35-20)22(21)25(33)30(15-11-9-10-12-16-31)23(27)26(34)29(14-8-2)18(3)4/h7-8,18-23,31H,1-2,9-17H2,3-6H3/t19?,20-,21+,22+,23?,27?/m1/s1. The van der Waals surface area contributed by atoms with E-state index in [1.807, 2.05) is 23.6 Å². The number of nitrogens with zero attached hydrogens (tertiary/aromatic N) is 3. The molecule has 2 bridgehead atoms. The first kappa shape index (κ1) is 27.8. The first-order valence-corrected chi connectivity index (χ1v) is 13.9. The minimum Gasteiger partial charge on any atom is -0.396 e. The van der Waals surface area contributed by atoms with Gasteiger partial charge in [-0.25, -0.2) is 0 Å². The van der Waals surface area contributed by atoms with Crippen LogP contribution in [-0.4, -0.2) is 92.9 Å². The molecule has 0 aromatic rings. The molecule has 1 spiro atoms. The number of aliphatic hydroxyl groups excluding tert-OH is 1. The summed E-state index contributed by atoms with van der Waals surface area (Å²) in [5.74, 6) is -0.817. The van der Waals surface area contributed by atoms with E-state index in [9.17, 15) is 14.4 Å². The maximum Gasteiger partial charge on any atom is 0.247 e. The lowest BCUT2D eigenvalue weighted by molar-refractivity contribution is -0.144. The summed E-state index contributed by atoms with van der Waals surface area (Å²) in [5, 5.41) is 9.15. The van der Waals surface area contributed by atoms with Crippen molar-refractivity contribution in [3.05, 3.63) is 25.3 Å². The summed E-state index contributed by atoms with van der Waals surface area (Å²) >= 11 is 1.73. The molecule has 0 aromatic carbocycles. The second kappa shape index (κ2) is 11.5. The average molecular weight is 506 g/mol. The average Bonchev–Trinajstić information content (AvgIpc) is 3.40. The van der Waals surface area contributed by atoms with Crippen molar-refractivity contribution in [1.29, 1.82) is 0 Å². The van der Waals surface area contributed by atoms with E-state index in [2.05, 4.69) is 20.1 Å². The Labute approximate surface area is 215 Å². The van der Waals surface area contributed by atoms with Crippen LogP contribution in [0.1, 0.15) is 52.9 Å². The monoisotopic (exact) mass is 505 g/mol. The molecule has 1 N–H and O–H groups in total. The molecule has 0 aromatic heterocycles. The van der Waals surface area contributed by atoms with Crippen LogP contribution in [0.4, 0.5) is 0 Å². The van der Waals surface area contributed by atoms with E-state index in [-0.39, 0.29) is 41.5 Å². The lowest BCUT2D eigenvalue weighted by atomic mass is 9.65. The normalized spacial score (nSPS) is 31.1. The van der Waals surface area contributed by atoms with Gasteiger partial charge < -0.3 is 19.8 Å². The minimum absolute atomic E-state index is 0.0164. The minimum atomic E-state index is -0.590. The number of hydrogen-bond donors (Lipinski definition) is 1. The number of amides is 3. The summed E-state index contributed by atoms with van der Waals surface area (Å²) in [6.45, 7) is 15.3. The summed E-state index contributed by atoms with van der Waals surface area (Å²) in [5.41, 5.74) is 0. The van der Waals surface area contributed by atoms with Crippen LogP contribution < -0.4 is 0 Å². The van der Waals surface area contributed by atoms with E-state index in [0.717, 1.165) is 32.1 Å². The maximum atomic E-state index is 14.2. The van der Waals surface area contributed by atoms with Crippen LogP contribution in [0.2, 0.25) is 0 Å². The highest BCUT2D eigenvalue weighted by molar-refractivity contribution is 8.02. The predicted molar refractivity (Wildman–Crippen MR) is 141 cm³/mol. The van der Waals surface area contributed by atoms with Crippen LogP contribution in [0, 0.1) is 17.8 Å². The number of carbonyl (C=O) groups is 3. The summed E-state index contributed by atoms with van der Waals surface area (Å²) in [4.78, 5) is 47.1. The van der Waals surface area contributed by atoms with Gasteiger partial charge in [-0.05, 0) is 39.0 Å². The van der Waals surface area contributed by atoms with E-state index in [0.29, 0.717) is 19.6 Å². The molecular weight excluding hydrogens is 462 g/mol. The van der Waals surface area contributed by atoms with Gasteiger partial charge in [0.05, 0.1) is 16.6 Å². The topological polar surface area (TPSA) is 81.2 Å². The predicted octanol–water partition coefficient (Wildman–Crippen LogP) is 2.94. The van der Waals surface area contributed by atoms with Gasteiger partial charge in [0.1, 0.15) is 6.04 Å². The SMILES string of the molecule is C=CCN(C)C(=O)[C@@H]1[C@H]2C(=O)N(CCCCCCO)C(C(=O)N(CC=C)C(C)C)C23S[C@@H]1CC3C. The second-order valence-corrected chi connectivity index (χ2v) is 12.2. The fourth-order valence-corrected chi connectivity index (χ4v) is 8.87. The Balaban J connectivity index is 2.00. The Hall–Kier alpha value is -1.80. The first-order chi connectivity index (χ1) is 16.7. The largest absolute Gasteiger partial charge is 0.396 e. The van der Waals surface area contributed by atoms with Crippen molar-refractivity contribution >= 4 is 29.5 Å². The van der Waals surface area contributed by atoms with Gasteiger partial charge in [-0.15, -0.1) is 24.9 Å². The molecule has 7 nitrogen and oxygen atoms in total. The molecule has 35 heavy (non-hydrogen) atoms. The zero-order valence-electron chi connectivity index (χ0n) is 21.8. The molecular formula is C27H43N3O4S. The summed E-state index contributed by atoms with van der Waals surface area (Å²) in [6.07, 6.45) is 7.57. The molecule has 3 aliphatic heterocycles. The number of hydrogen-bond acceptors (Lipinski definition) is 5. The van der Waals surface area contributed by atoms with Gasteiger partial charge in [-0.2, -0.15) is 0 Å². The lowest BCUT2D eigenvalue weighted by Crippen LogP contribution is -2.58. The number of unbranched alkanes of at least 4 members (excludes halogenated alkanes) is 3. The van der Waals surface area contributed by atoms with E-state index in [1.54, 1.807) is 35.9 Å².